The van der Waals surface area contributed by atoms with Crippen molar-refractivity contribution < 1.29 is 4.39 Å². The van der Waals surface area contributed by atoms with Crippen LogP contribution in [0.2, 0.25) is 5.02 Å². The first-order valence-corrected chi connectivity index (χ1v) is 5.82. The fraction of sp³-hybridized carbons (Fsp3) is 0.417. The lowest BCUT2D eigenvalue weighted by Crippen LogP contribution is -2.30. The zero-order chi connectivity index (χ0) is 12.6. The van der Waals surface area contributed by atoms with Crippen LogP contribution in [0.5, 0.6) is 0 Å². The minimum atomic E-state index is -0.376. The van der Waals surface area contributed by atoms with Gasteiger partial charge in [0.15, 0.2) is 5.96 Å². The Morgan fingerprint density at radius 2 is 2.24 bits per heavy atom. The van der Waals surface area contributed by atoms with Crippen LogP contribution in [-0.4, -0.2) is 31.0 Å². The van der Waals surface area contributed by atoms with Crippen molar-refractivity contribution in [2.24, 2.45) is 10.7 Å². The Balaban J connectivity index is 2.08. The predicted molar refractivity (Wildman–Crippen MR) is 67.9 cm³/mol. The van der Waals surface area contributed by atoms with Crippen molar-refractivity contribution in [3.63, 3.8) is 0 Å². The summed E-state index contributed by atoms with van der Waals surface area (Å²) < 4.78 is 13.3. The minimum absolute atomic E-state index is 0.155. The van der Waals surface area contributed by atoms with Crippen molar-refractivity contribution in [2.75, 3.05) is 14.1 Å². The highest BCUT2D eigenvalue weighted by molar-refractivity contribution is 6.30. The monoisotopic (exact) mass is 255 g/mol. The van der Waals surface area contributed by atoms with Gasteiger partial charge in [-0.05, 0) is 24.1 Å². The molecule has 0 aliphatic heterocycles. The van der Waals surface area contributed by atoms with E-state index in [1.807, 2.05) is 20.2 Å². The van der Waals surface area contributed by atoms with E-state index in [1.165, 1.54) is 6.07 Å². The van der Waals surface area contributed by atoms with Gasteiger partial charge in [0, 0.05) is 20.0 Å². The van der Waals surface area contributed by atoms with Crippen molar-refractivity contribution in [3.8, 4) is 0 Å². The zero-order valence-corrected chi connectivity index (χ0v) is 10.6. The van der Waals surface area contributed by atoms with Crippen LogP contribution in [0.15, 0.2) is 23.2 Å². The van der Waals surface area contributed by atoms with Crippen molar-refractivity contribution >= 4 is 17.6 Å². The number of hydrogen-bond acceptors (Lipinski definition) is 1. The largest absolute Gasteiger partial charge is 0.370 e. The maximum atomic E-state index is 13.3. The van der Waals surface area contributed by atoms with E-state index in [0.29, 0.717) is 5.96 Å². The second-order valence-electron chi connectivity index (χ2n) is 4.46. The van der Waals surface area contributed by atoms with Crippen molar-refractivity contribution in [2.45, 2.75) is 18.4 Å². The lowest BCUT2D eigenvalue weighted by atomic mass is 10.1. The van der Waals surface area contributed by atoms with Gasteiger partial charge in [-0.3, -0.25) is 0 Å². The van der Waals surface area contributed by atoms with Crippen LogP contribution >= 0.6 is 11.6 Å². The molecule has 1 aromatic carbocycles. The summed E-state index contributed by atoms with van der Waals surface area (Å²) in [6, 6.07) is 5.07. The van der Waals surface area contributed by atoms with Crippen molar-refractivity contribution in [1.82, 2.24) is 4.90 Å². The maximum Gasteiger partial charge on any atom is 0.191 e. The Labute approximate surface area is 105 Å². The molecular formula is C12H15ClFN3. The Morgan fingerprint density at radius 3 is 2.82 bits per heavy atom. The topological polar surface area (TPSA) is 41.6 Å². The van der Waals surface area contributed by atoms with E-state index in [0.717, 1.165) is 12.0 Å². The van der Waals surface area contributed by atoms with Gasteiger partial charge in [0.2, 0.25) is 0 Å². The second kappa shape index (κ2) is 4.53. The fourth-order valence-corrected chi connectivity index (χ4v) is 1.83. The van der Waals surface area contributed by atoms with Crippen LogP contribution < -0.4 is 5.73 Å². The summed E-state index contributed by atoms with van der Waals surface area (Å²) in [5, 5.41) is 0.155. The highest BCUT2D eigenvalue weighted by Gasteiger charge is 2.39. The van der Waals surface area contributed by atoms with Crippen LogP contribution in [0.1, 0.15) is 17.9 Å². The first kappa shape index (κ1) is 12.2. The molecule has 0 unspecified atom stereocenters. The smallest absolute Gasteiger partial charge is 0.191 e. The molecule has 0 radical (unpaired) electrons. The van der Waals surface area contributed by atoms with E-state index < -0.39 is 0 Å². The van der Waals surface area contributed by atoms with Crippen molar-refractivity contribution in [3.05, 3.63) is 34.6 Å². The maximum absolute atomic E-state index is 13.3. The van der Waals surface area contributed by atoms with E-state index >= 15 is 0 Å². The van der Waals surface area contributed by atoms with Crippen LogP contribution in [0.25, 0.3) is 0 Å². The molecule has 1 aliphatic carbocycles. The van der Waals surface area contributed by atoms with Gasteiger partial charge in [-0.25, -0.2) is 9.38 Å². The fourth-order valence-electron chi connectivity index (χ4n) is 1.71. The third kappa shape index (κ3) is 2.69. The summed E-state index contributed by atoms with van der Waals surface area (Å²) in [7, 11) is 3.69. The lowest BCUT2D eigenvalue weighted by molar-refractivity contribution is 0.608. The Hall–Kier alpha value is -1.29. The van der Waals surface area contributed by atoms with Gasteiger partial charge in [-0.1, -0.05) is 17.7 Å². The summed E-state index contributed by atoms with van der Waals surface area (Å²) >= 11 is 5.64. The minimum Gasteiger partial charge on any atom is -0.370 e. The molecule has 0 spiro atoms. The molecule has 2 atom stereocenters. The quantitative estimate of drug-likeness (QED) is 0.650. The summed E-state index contributed by atoms with van der Waals surface area (Å²) in [6.45, 7) is 0. The molecule has 0 bridgehead atoms. The Kier molecular flexibility index (Phi) is 3.24. The lowest BCUT2D eigenvalue weighted by Gasteiger charge is -2.10. The molecule has 2 rings (SSSR count). The number of aliphatic imine (C=N–C) groups is 1. The number of nitrogens with two attached hydrogens (primary N) is 1. The molecule has 0 saturated heterocycles. The van der Waals surface area contributed by atoms with E-state index in [2.05, 4.69) is 4.99 Å². The molecule has 92 valence electrons. The normalized spacial score (nSPS) is 23.6. The van der Waals surface area contributed by atoms with Crippen LogP contribution in [0.4, 0.5) is 4.39 Å². The molecule has 3 nitrogen and oxygen atoms in total. The van der Waals surface area contributed by atoms with Gasteiger partial charge < -0.3 is 10.6 Å². The van der Waals surface area contributed by atoms with Gasteiger partial charge >= 0.3 is 0 Å². The molecule has 1 aromatic rings. The van der Waals surface area contributed by atoms with Crippen LogP contribution in [0, 0.1) is 5.82 Å². The summed E-state index contributed by atoms with van der Waals surface area (Å²) in [6.07, 6.45) is 0.912. The van der Waals surface area contributed by atoms with E-state index in [1.54, 1.807) is 11.0 Å². The van der Waals surface area contributed by atoms with Gasteiger partial charge in [-0.15, -0.1) is 0 Å². The zero-order valence-electron chi connectivity index (χ0n) is 9.82. The average Bonchev–Trinajstić information content (AvgIpc) is 3.01. The molecule has 5 heteroatoms. The van der Waals surface area contributed by atoms with Gasteiger partial charge in [0.1, 0.15) is 5.82 Å². The molecular weight excluding hydrogens is 241 g/mol. The SMILES string of the molecule is CN(C)C(N)=N[C@@H]1C[C@H]1c1ccc(Cl)c(F)c1. The van der Waals surface area contributed by atoms with Crippen LogP contribution in [-0.2, 0) is 0 Å². The number of hydrogen-bond donors (Lipinski definition) is 1. The van der Waals surface area contributed by atoms with E-state index in [-0.39, 0.29) is 22.8 Å². The molecule has 17 heavy (non-hydrogen) atoms. The molecule has 0 aromatic heterocycles. The summed E-state index contributed by atoms with van der Waals surface area (Å²) in [4.78, 5) is 6.12. The molecule has 1 saturated carbocycles. The van der Waals surface area contributed by atoms with E-state index in [9.17, 15) is 4.39 Å². The predicted octanol–water partition coefficient (Wildman–Crippen LogP) is 2.21. The number of nitrogens with zero attached hydrogens (tertiary/aromatic N) is 2. The standard InChI is InChI=1S/C12H15ClFN3/c1-17(2)12(15)16-11-6-8(11)7-3-4-9(13)10(14)5-7/h3-5,8,11H,6H2,1-2H3,(H2,15,16)/t8-,11+/m0/s1. The first-order valence-electron chi connectivity index (χ1n) is 5.44. The van der Waals surface area contributed by atoms with E-state index in [4.69, 9.17) is 17.3 Å². The summed E-state index contributed by atoms with van der Waals surface area (Å²) in [5.74, 6) is 0.395. The first-order chi connectivity index (χ1) is 7.99. The molecule has 0 amide bonds. The third-order valence-electron chi connectivity index (χ3n) is 2.88. The Bertz CT molecular complexity index is 459. The number of halogens is 2. The number of guanidine groups is 1. The van der Waals surface area contributed by atoms with Crippen LogP contribution in [0.3, 0.4) is 0 Å². The molecule has 2 N–H and O–H groups in total. The molecule has 1 fully saturated rings. The summed E-state index contributed by atoms with van der Waals surface area (Å²) in [5.41, 5.74) is 6.67. The molecule has 1 aliphatic rings. The number of benzene rings is 1. The van der Waals surface area contributed by atoms with Crippen molar-refractivity contribution in [1.29, 1.82) is 0 Å². The third-order valence-corrected chi connectivity index (χ3v) is 3.19. The molecule has 0 heterocycles. The Morgan fingerprint density at radius 1 is 1.53 bits per heavy atom. The van der Waals surface area contributed by atoms with Gasteiger partial charge in [-0.2, -0.15) is 0 Å². The average molecular weight is 256 g/mol. The highest BCUT2D eigenvalue weighted by Crippen LogP contribution is 2.44. The highest BCUT2D eigenvalue weighted by atomic mass is 35.5. The second-order valence-corrected chi connectivity index (χ2v) is 4.87. The number of rotatable bonds is 2. The van der Waals surface area contributed by atoms with Gasteiger partial charge in [0.25, 0.3) is 0 Å². The van der Waals surface area contributed by atoms with Gasteiger partial charge in [0.05, 0.1) is 11.1 Å².